The molecule has 1 fully saturated rings. The number of hydrogen-bond acceptors (Lipinski definition) is 2. The van der Waals surface area contributed by atoms with Crippen molar-refractivity contribution in [2.24, 2.45) is 11.3 Å². The van der Waals surface area contributed by atoms with Gasteiger partial charge in [0.1, 0.15) is 0 Å². The van der Waals surface area contributed by atoms with Crippen LogP contribution in [0, 0.1) is 11.3 Å². The van der Waals surface area contributed by atoms with Gasteiger partial charge in [-0.1, -0.05) is 27.7 Å². The second-order valence-electron chi connectivity index (χ2n) is 6.22. The molecule has 0 aliphatic carbocycles. The van der Waals surface area contributed by atoms with E-state index in [4.69, 9.17) is 4.74 Å². The molecule has 0 aromatic heterocycles. The first kappa shape index (κ1) is 14.4. The number of rotatable bonds is 4. The molecule has 1 heterocycles. The third-order valence-electron chi connectivity index (χ3n) is 3.78. The Morgan fingerprint density at radius 1 is 1.29 bits per heavy atom. The zero-order valence-electron chi connectivity index (χ0n) is 12.1. The predicted molar refractivity (Wildman–Crippen MR) is 73.8 cm³/mol. The van der Waals surface area contributed by atoms with Crippen molar-refractivity contribution < 1.29 is 4.74 Å². The van der Waals surface area contributed by atoms with Gasteiger partial charge in [-0.15, -0.1) is 0 Å². The highest BCUT2D eigenvalue weighted by Crippen LogP contribution is 2.34. The van der Waals surface area contributed by atoms with Crippen LogP contribution >= 0.6 is 0 Å². The lowest BCUT2D eigenvalue weighted by Gasteiger charge is -2.30. The Labute approximate surface area is 107 Å². The molecular formula is C15H29NO. The van der Waals surface area contributed by atoms with Gasteiger partial charge in [-0.25, -0.2) is 0 Å². The van der Waals surface area contributed by atoms with E-state index in [-0.39, 0.29) is 0 Å². The average molecular weight is 239 g/mol. The van der Waals surface area contributed by atoms with Crippen molar-refractivity contribution in [3.8, 4) is 0 Å². The molecule has 1 unspecified atom stereocenters. The topological polar surface area (TPSA) is 12.5 Å². The first-order valence-corrected chi connectivity index (χ1v) is 7.01. The lowest BCUT2D eigenvalue weighted by Crippen LogP contribution is -2.26. The maximum atomic E-state index is 5.64. The maximum Gasteiger partial charge on any atom is 0.181 e. The van der Waals surface area contributed by atoms with Crippen molar-refractivity contribution in [3.05, 3.63) is 12.5 Å². The molecule has 2 heteroatoms. The van der Waals surface area contributed by atoms with Crippen LogP contribution in [0.2, 0.25) is 0 Å². The molecule has 0 bridgehead atoms. The Balaban J connectivity index is 2.45. The molecule has 1 aliphatic heterocycles. The molecule has 0 amide bonds. The van der Waals surface area contributed by atoms with Gasteiger partial charge in [0.2, 0.25) is 0 Å². The summed E-state index contributed by atoms with van der Waals surface area (Å²) in [6.07, 6.45) is 4.91. The lowest BCUT2D eigenvalue weighted by atomic mass is 9.77. The summed E-state index contributed by atoms with van der Waals surface area (Å²) in [6, 6.07) is 0. The van der Waals surface area contributed by atoms with E-state index in [1.54, 1.807) is 0 Å². The van der Waals surface area contributed by atoms with Crippen LogP contribution in [-0.2, 0) is 4.74 Å². The number of ether oxygens (including phenoxy) is 1. The molecule has 0 aromatic rings. The summed E-state index contributed by atoms with van der Waals surface area (Å²) in [4.78, 5) is 2.32. The number of hydrogen-bond donors (Lipinski definition) is 0. The summed E-state index contributed by atoms with van der Waals surface area (Å²) in [5, 5.41) is 0. The summed E-state index contributed by atoms with van der Waals surface area (Å²) >= 11 is 0. The van der Waals surface area contributed by atoms with Crippen LogP contribution in [0.15, 0.2) is 12.5 Å². The SMILES string of the molecule is C=C(OCCC)N1CCCC(C(C)(C)C)CC1. The van der Waals surface area contributed by atoms with E-state index in [2.05, 4.69) is 39.2 Å². The average Bonchev–Trinajstić information content (AvgIpc) is 2.50. The first-order valence-electron chi connectivity index (χ1n) is 7.01. The van der Waals surface area contributed by atoms with Gasteiger partial charge in [0.05, 0.1) is 6.61 Å². The van der Waals surface area contributed by atoms with E-state index in [0.717, 1.165) is 37.9 Å². The van der Waals surface area contributed by atoms with Crippen LogP contribution in [0.25, 0.3) is 0 Å². The zero-order chi connectivity index (χ0) is 12.9. The molecule has 2 nitrogen and oxygen atoms in total. The van der Waals surface area contributed by atoms with Crippen LogP contribution < -0.4 is 0 Å². The minimum absolute atomic E-state index is 0.432. The molecule has 0 saturated carbocycles. The Hall–Kier alpha value is -0.660. The lowest BCUT2D eigenvalue weighted by molar-refractivity contribution is 0.113. The van der Waals surface area contributed by atoms with E-state index in [0.29, 0.717) is 5.41 Å². The highest BCUT2D eigenvalue weighted by Gasteiger charge is 2.27. The molecule has 100 valence electrons. The molecule has 0 radical (unpaired) electrons. The predicted octanol–water partition coefficient (Wildman–Crippen LogP) is 4.03. The van der Waals surface area contributed by atoms with Crippen LogP contribution in [-0.4, -0.2) is 24.6 Å². The monoisotopic (exact) mass is 239 g/mol. The second kappa shape index (κ2) is 6.32. The van der Waals surface area contributed by atoms with Crippen LogP contribution in [0.5, 0.6) is 0 Å². The number of nitrogens with zero attached hydrogens (tertiary/aromatic N) is 1. The summed E-state index contributed by atoms with van der Waals surface area (Å²) in [6.45, 7) is 16.2. The number of likely N-dealkylation sites (tertiary alicyclic amines) is 1. The van der Waals surface area contributed by atoms with Crippen molar-refractivity contribution in [3.63, 3.8) is 0 Å². The van der Waals surface area contributed by atoms with Gasteiger partial charge in [-0.3, -0.25) is 0 Å². The van der Waals surface area contributed by atoms with Crippen molar-refractivity contribution in [2.45, 2.75) is 53.4 Å². The van der Waals surface area contributed by atoms with E-state index >= 15 is 0 Å². The first-order chi connectivity index (χ1) is 7.95. The van der Waals surface area contributed by atoms with Crippen LogP contribution in [0.1, 0.15) is 53.4 Å². The smallest absolute Gasteiger partial charge is 0.181 e. The molecule has 1 saturated heterocycles. The summed E-state index contributed by atoms with van der Waals surface area (Å²) in [7, 11) is 0. The molecule has 1 aliphatic rings. The summed E-state index contributed by atoms with van der Waals surface area (Å²) in [5.74, 6) is 1.70. The summed E-state index contributed by atoms with van der Waals surface area (Å²) in [5.41, 5.74) is 0.432. The Morgan fingerprint density at radius 3 is 2.59 bits per heavy atom. The minimum Gasteiger partial charge on any atom is -0.480 e. The fraction of sp³-hybridized carbons (Fsp3) is 0.867. The van der Waals surface area contributed by atoms with Gasteiger partial charge in [-0.05, 0) is 43.6 Å². The Bertz CT molecular complexity index is 242. The fourth-order valence-electron chi connectivity index (χ4n) is 2.52. The Morgan fingerprint density at radius 2 is 2.00 bits per heavy atom. The van der Waals surface area contributed by atoms with Gasteiger partial charge in [0.15, 0.2) is 5.88 Å². The van der Waals surface area contributed by atoms with Gasteiger partial charge in [0, 0.05) is 13.1 Å². The third-order valence-corrected chi connectivity index (χ3v) is 3.78. The van der Waals surface area contributed by atoms with Gasteiger partial charge in [-0.2, -0.15) is 0 Å². The van der Waals surface area contributed by atoms with Crippen molar-refractivity contribution in [1.29, 1.82) is 0 Å². The van der Waals surface area contributed by atoms with Crippen molar-refractivity contribution >= 4 is 0 Å². The molecule has 17 heavy (non-hydrogen) atoms. The largest absolute Gasteiger partial charge is 0.480 e. The normalized spacial score (nSPS) is 22.1. The maximum absolute atomic E-state index is 5.64. The van der Waals surface area contributed by atoms with E-state index in [1.807, 2.05) is 0 Å². The second-order valence-corrected chi connectivity index (χ2v) is 6.22. The fourth-order valence-corrected chi connectivity index (χ4v) is 2.52. The van der Waals surface area contributed by atoms with E-state index in [9.17, 15) is 0 Å². The van der Waals surface area contributed by atoms with Crippen molar-refractivity contribution in [2.75, 3.05) is 19.7 Å². The van der Waals surface area contributed by atoms with Gasteiger partial charge >= 0.3 is 0 Å². The van der Waals surface area contributed by atoms with Gasteiger partial charge in [0.25, 0.3) is 0 Å². The third kappa shape index (κ3) is 4.61. The molecule has 0 spiro atoms. The van der Waals surface area contributed by atoms with E-state index in [1.165, 1.54) is 19.3 Å². The highest BCUT2D eigenvalue weighted by molar-refractivity contribution is 4.87. The highest BCUT2D eigenvalue weighted by atomic mass is 16.5. The summed E-state index contributed by atoms with van der Waals surface area (Å²) < 4.78 is 5.64. The Kier molecular flexibility index (Phi) is 5.35. The quantitative estimate of drug-likeness (QED) is 0.687. The molecule has 0 N–H and O–H groups in total. The van der Waals surface area contributed by atoms with E-state index < -0.39 is 0 Å². The standard InChI is InChI=1S/C15H29NO/c1-6-12-17-13(2)16-10-7-8-14(9-11-16)15(3,4)5/h14H,2,6-12H2,1,3-5H3. The molecule has 1 atom stereocenters. The van der Waals surface area contributed by atoms with Crippen LogP contribution in [0.4, 0.5) is 0 Å². The van der Waals surface area contributed by atoms with Crippen LogP contribution in [0.3, 0.4) is 0 Å². The molecule has 0 aromatic carbocycles. The van der Waals surface area contributed by atoms with Crippen molar-refractivity contribution in [1.82, 2.24) is 4.90 Å². The minimum atomic E-state index is 0.432. The molecule has 1 rings (SSSR count). The van der Waals surface area contributed by atoms with Gasteiger partial charge < -0.3 is 9.64 Å². The zero-order valence-corrected chi connectivity index (χ0v) is 12.1. The molecular weight excluding hydrogens is 210 g/mol.